The van der Waals surface area contributed by atoms with Crippen LogP contribution in [0.4, 0.5) is 5.95 Å². The van der Waals surface area contributed by atoms with Crippen LogP contribution in [-0.4, -0.2) is 36.1 Å². The van der Waals surface area contributed by atoms with Gasteiger partial charge in [0, 0.05) is 42.3 Å². The summed E-state index contributed by atoms with van der Waals surface area (Å²) in [5, 5.41) is 8.89. The molecule has 0 bridgehead atoms. The third-order valence-electron chi connectivity index (χ3n) is 4.74. The largest absolute Gasteiger partial charge is 0.354 e. The summed E-state index contributed by atoms with van der Waals surface area (Å²) in [6.07, 6.45) is 9.91. The second kappa shape index (κ2) is 4.77. The van der Waals surface area contributed by atoms with E-state index in [0.717, 1.165) is 34.5 Å². The lowest BCUT2D eigenvalue weighted by Crippen LogP contribution is -2.13. The Labute approximate surface area is 138 Å². The highest BCUT2D eigenvalue weighted by atomic mass is 15.2. The highest BCUT2D eigenvalue weighted by Gasteiger charge is 2.36. The van der Waals surface area contributed by atoms with E-state index in [4.69, 9.17) is 0 Å². The number of rotatable bonds is 4. The van der Waals surface area contributed by atoms with Gasteiger partial charge >= 0.3 is 0 Å². The van der Waals surface area contributed by atoms with Crippen LogP contribution in [0.15, 0.2) is 36.9 Å². The number of imidazole rings is 1. The number of hydrogen-bond acceptors (Lipinski definition) is 5. The average molecular weight is 319 g/mol. The Bertz CT molecular complexity index is 1040. The first-order chi connectivity index (χ1) is 11.7. The Morgan fingerprint density at radius 2 is 2.21 bits per heavy atom. The summed E-state index contributed by atoms with van der Waals surface area (Å²) in [5.74, 6) is 0.669. The Kier molecular flexibility index (Phi) is 2.68. The number of anilines is 1. The van der Waals surface area contributed by atoms with Gasteiger partial charge in [-0.2, -0.15) is 10.1 Å². The lowest BCUT2D eigenvalue weighted by atomic mass is 10.1. The Balaban J connectivity index is 1.50. The molecule has 0 unspecified atom stereocenters. The smallest absolute Gasteiger partial charge is 0.224 e. The van der Waals surface area contributed by atoms with Crippen molar-refractivity contribution in [3.63, 3.8) is 0 Å². The molecule has 7 nitrogen and oxygen atoms in total. The third kappa shape index (κ3) is 2.20. The number of fused-ring (bicyclic) bond motifs is 2. The maximum Gasteiger partial charge on any atom is 0.224 e. The van der Waals surface area contributed by atoms with E-state index in [1.807, 2.05) is 30.7 Å². The number of nitrogens with zero attached hydrogens (tertiary/aromatic N) is 5. The molecule has 1 aliphatic carbocycles. The highest BCUT2D eigenvalue weighted by Crippen LogP contribution is 2.44. The van der Waals surface area contributed by atoms with Crippen LogP contribution in [0.1, 0.15) is 19.8 Å². The number of aromatic amines is 1. The maximum absolute atomic E-state index is 4.59. The first-order valence-corrected chi connectivity index (χ1v) is 8.09. The van der Waals surface area contributed by atoms with Crippen molar-refractivity contribution in [1.29, 1.82) is 0 Å². The first kappa shape index (κ1) is 13.5. The minimum absolute atomic E-state index is 0.420. The standard InChI is InChI=1S/C17H17N7/c1-17(4-5-17)10-21-16-20-9-12-11(8-19-15(12)22-16)13-2-3-14-18-6-7-24(14)23-13/h2-3,6-9H,4-5,10H2,1H3,(H2,19,20,21,22). The van der Waals surface area contributed by atoms with E-state index in [0.29, 0.717) is 11.4 Å². The molecule has 5 rings (SSSR count). The lowest BCUT2D eigenvalue weighted by Gasteiger charge is -2.09. The van der Waals surface area contributed by atoms with Crippen LogP contribution in [-0.2, 0) is 0 Å². The van der Waals surface area contributed by atoms with Gasteiger partial charge in [0.1, 0.15) is 5.65 Å². The van der Waals surface area contributed by atoms with E-state index in [1.54, 1.807) is 10.7 Å². The van der Waals surface area contributed by atoms with E-state index in [9.17, 15) is 0 Å². The summed E-state index contributed by atoms with van der Waals surface area (Å²) in [7, 11) is 0. The minimum Gasteiger partial charge on any atom is -0.354 e. The second-order valence-electron chi connectivity index (χ2n) is 6.77. The molecule has 0 radical (unpaired) electrons. The molecule has 0 aromatic carbocycles. The van der Waals surface area contributed by atoms with E-state index < -0.39 is 0 Å². The monoisotopic (exact) mass is 319 g/mol. The Morgan fingerprint density at radius 1 is 1.29 bits per heavy atom. The van der Waals surface area contributed by atoms with Crippen molar-refractivity contribution in [2.45, 2.75) is 19.8 Å². The van der Waals surface area contributed by atoms with E-state index in [2.05, 4.69) is 37.3 Å². The molecule has 1 saturated carbocycles. The van der Waals surface area contributed by atoms with Gasteiger partial charge in [0.25, 0.3) is 0 Å². The van der Waals surface area contributed by atoms with Gasteiger partial charge in [0.2, 0.25) is 5.95 Å². The summed E-state index contributed by atoms with van der Waals surface area (Å²) < 4.78 is 1.77. The van der Waals surface area contributed by atoms with Gasteiger partial charge in [-0.05, 0) is 30.4 Å². The van der Waals surface area contributed by atoms with Gasteiger partial charge in [-0.25, -0.2) is 14.5 Å². The molecule has 0 saturated heterocycles. The van der Waals surface area contributed by atoms with Crippen molar-refractivity contribution in [3.8, 4) is 11.3 Å². The van der Waals surface area contributed by atoms with Crippen LogP contribution >= 0.6 is 0 Å². The van der Waals surface area contributed by atoms with Gasteiger partial charge in [0.15, 0.2) is 5.65 Å². The van der Waals surface area contributed by atoms with E-state index in [1.165, 1.54) is 12.8 Å². The number of hydrogen-bond donors (Lipinski definition) is 2. The molecule has 7 heteroatoms. The normalized spacial score (nSPS) is 15.9. The zero-order valence-electron chi connectivity index (χ0n) is 13.3. The van der Waals surface area contributed by atoms with Crippen molar-refractivity contribution in [2.75, 3.05) is 11.9 Å². The summed E-state index contributed by atoms with van der Waals surface area (Å²) in [6.45, 7) is 3.20. The van der Waals surface area contributed by atoms with Gasteiger partial charge in [0.05, 0.1) is 5.69 Å². The Morgan fingerprint density at radius 3 is 3.08 bits per heavy atom. The van der Waals surface area contributed by atoms with Crippen LogP contribution in [0.25, 0.3) is 27.9 Å². The van der Waals surface area contributed by atoms with Crippen molar-refractivity contribution in [3.05, 3.63) is 36.9 Å². The second-order valence-corrected chi connectivity index (χ2v) is 6.77. The molecule has 0 atom stereocenters. The summed E-state index contributed by atoms with van der Waals surface area (Å²) in [5.41, 5.74) is 3.91. The molecule has 4 heterocycles. The van der Waals surface area contributed by atoms with Crippen LogP contribution in [0.3, 0.4) is 0 Å². The van der Waals surface area contributed by atoms with Gasteiger partial charge in [-0.1, -0.05) is 6.92 Å². The van der Waals surface area contributed by atoms with Crippen LogP contribution < -0.4 is 5.32 Å². The molecule has 0 spiro atoms. The number of nitrogens with one attached hydrogen (secondary N) is 2. The predicted molar refractivity (Wildman–Crippen MR) is 91.7 cm³/mol. The van der Waals surface area contributed by atoms with Gasteiger partial charge < -0.3 is 10.3 Å². The summed E-state index contributed by atoms with van der Waals surface area (Å²) in [4.78, 5) is 16.5. The van der Waals surface area contributed by atoms with E-state index in [-0.39, 0.29) is 0 Å². The zero-order valence-corrected chi connectivity index (χ0v) is 13.3. The molecule has 120 valence electrons. The van der Waals surface area contributed by atoms with Crippen molar-refractivity contribution < 1.29 is 0 Å². The summed E-state index contributed by atoms with van der Waals surface area (Å²) in [6, 6.07) is 3.92. The molecule has 4 aromatic rings. The fourth-order valence-corrected chi connectivity index (χ4v) is 2.85. The molecule has 0 aliphatic heterocycles. The highest BCUT2D eigenvalue weighted by molar-refractivity contribution is 5.92. The van der Waals surface area contributed by atoms with Crippen LogP contribution in [0, 0.1) is 5.41 Å². The van der Waals surface area contributed by atoms with Crippen molar-refractivity contribution in [2.24, 2.45) is 5.41 Å². The molecule has 1 aliphatic rings. The molecular weight excluding hydrogens is 302 g/mol. The summed E-state index contributed by atoms with van der Waals surface area (Å²) >= 11 is 0. The molecule has 24 heavy (non-hydrogen) atoms. The van der Waals surface area contributed by atoms with Crippen LogP contribution in [0.2, 0.25) is 0 Å². The fraction of sp³-hybridized carbons (Fsp3) is 0.294. The predicted octanol–water partition coefficient (Wildman–Crippen LogP) is 2.88. The average Bonchev–Trinajstić information content (AvgIpc) is 3.02. The minimum atomic E-state index is 0.420. The molecule has 1 fully saturated rings. The topological polar surface area (TPSA) is 83.8 Å². The maximum atomic E-state index is 4.59. The van der Waals surface area contributed by atoms with Gasteiger partial charge in [-0.15, -0.1) is 0 Å². The fourth-order valence-electron chi connectivity index (χ4n) is 2.85. The molecular formula is C17H17N7. The quantitative estimate of drug-likeness (QED) is 0.604. The first-order valence-electron chi connectivity index (χ1n) is 8.09. The number of H-pyrrole nitrogens is 1. The number of aromatic nitrogens is 6. The molecule has 2 N–H and O–H groups in total. The zero-order chi connectivity index (χ0) is 16.1. The Hall–Kier alpha value is -2.96. The van der Waals surface area contributed by atoms with Gasteiger partial charge in [-0.3, -0.25) is 0 Å². The third-order valence-corrected chi connectivity index (χ3v) is 4.74. The van der Waals surface area contributed by atoms with Crippen molar-refractivity contribution in [1.82, 2.24) is 29.5 Å². The molecule has 4 aromatic heterocycles. The lowest BCUT2D eigenvalue weighted by molar-refractivity contribution is 0.608. The van der Waals surface area contributed by atoms with E-state index >= 15 is 0 Å². The molecule has 0 amide bonds. The van der Waals surface area contributed by atoms with Crippen LogP contribution in [0.5, 0.6) is 0 Å². The SMILES string of the molecule is CC1(CNc2ncc3c(-c4ccc5nccn5n4)c[nH]c3n2)CC1. The van der Waals surface area contributed by atoms with Crippen molar-refractivity contribution >= 4 is 22.6 Å².